The van der Waals surface area contributed by atoms with Crippen molar-refractivity contribution in [1.82, 2.24) is 5.32 Å². The molecule has 0 saturated heterocycles. The van der Waals surface area contributed by atoms with Crippen LogP contribution in [-0.2, 0) is 4.79 Å². The lowest BCUT2D eigenvalue weighted by Gasteiger charge is -2.15. The molecule has 3 N–H and O–H groups in total. The molecule has 6 nitrogen and oxygen atoms in total. The number of anilines is 2. The molecule has 0 spiro atoms. The van der Waals surface area contributed by atoms with Crippen LogP contribution in [0, 0.1) is 5.92 Å². The van der Waals surface area contributed by atoms with E-state index in [1.165, 1.54) is 0 Å². The van der Waals surface area contributed by atoms with Crippen molar-refractivity contribution in [1.29, 1.82) is 0 Å². The number of rotatable bonds is 10. The summed E-state index contributed by atoms with van der Waals surface area (Å²) in [6.07, 6.45) is 0.857. The van der Waals surface area contributed by atoms with Crippen molar-refractivity contribution in [2.75, 3.05) is 23.8 Å². The molecule has 1 unspecified atom stereocenters. The highest BCUT2D eigenvalue weighted by atomic mass is 16.5. The Morgan fingerprint density at radius 2 is 1.79 bits per heavy atom. The summed E-state index contributed by atoms with van der Waals surface area (Å²) in [6.45, 7) is 8.84. The van der Waals surface area contributed by atoms with Crippen molar-refractivity contribution in [3.05, 3.63) is 54.1 Å². The molecular formula is C23H31N3O3. The van der Waals surface area contributed by atoms with E-state index < -0.39 is 0 Å². The molecule has 0 fully saturated rings. The summed E-state index contributed by atoms with van der Waals surface area (Å²) in [5.41, 5.74) is 1.87. The number of hydrogen-bond acceptors (Lipinski definition) is 4. The molecule has 2 aromatic carbocycles. The van der Waals surface area contributed by atoms with Crippen LogP contribution in [0.3, 0.4) is 0 Å². The van der Waals surface area contributed by atoms with Gasteiger partial charge in [0.25, 0.3) is 5.91 Å². The van der Waals surface area contributed by atoms with Gasteiger partial charge in [0.05, 0.1) is 18.8 Å². The normalized spacial score (nSPS) is 11.6. The van der Waals surface area contributed by atoms with E-state index >= 15 is 0 Å². The third-order valence-electron chi connectivity index (χ3n) is 4.30. The van der Waals surface area contributed by atoms with Gasteiger partial charge >= 0.3 is 0 Å². The second-order valence-corrected chi connectivity index (χ2v) is 7.47. The van der Waals surface area contributed by atoms with E-state index in [-0.39, 0.29) is 24.4 Å². The number of hydrogen-bond donors (Lipinski definition) is 3. The monoisotopic (exact) mass is 397 g/mol. The number of nitrogens with one attached hydrogen (secondary N) is 3. The van der Waals surface area contributed by atoms with Gasteiger partial charge in [-0.15, -0.1) is 0 Å². The second kappa shape index (κ2) is 11.1. The first-order chi connectivity index (χ1) is 13.9. The number of para-hydroxylation sites is 2. The Kier molecular flexibility index (Phi) is 8.52. The van der Waals surface area contributed by atoms with Crippen LogP contribution in [-0.4, -0.2) is 31.0 Å². The van der Waals surface area contributed by atoms with Crippen LogP contribution >= 0.6 is 0 Å². The lowest BCUT2D eigenvalue weighted by Crippen LogP contribution is -2.32. The highest BCUT2D eigenvalue weighted by Crippen LogP contribution is 2.24. The fourth-order valence-electron chi connectivity index (χ4n) is 2.52. The zero-order valence-electron chi connectivity index (χ0n) is 17.6. The largest absolute Gasteiger partial charge is 0.491 e. The van der Waals surface area contributed by atoms with E-state index in [4.69, 9.17) is 4.74 Å². The van der Waals surface area contributed by atoms with Crippen molar-refractivity contribution < 1.29 is 14.3 Å². The zero-order chi connectivity index (χ0) is 21.2. The molecule has 0 saturated carbocycles. The molecule has 0 heterocycles. The molecule has 0 radical (unpaired) electrons. The number of carbonyl (C=O) groups is 2. The topological polar surface area (TPSA) is 79.5 Å². The van der Waals surface area contributed by atoms with Crippen molar-refractivity contribution in [2.45, 2.75) is 40.2 Å². The van der Waals surface area contributed by atoms with Crippen molar-refractivity contribution in [2.24, 2.45) is 5.92 Å². The molecular weight excluding hydrogens is 366 g/mol. The molecule has 2 rings (SSSR count). The van der Waals surface area contributed by atoms with E-state index in [0.717, 1.165) is 17.9 Å². The van der Waals surface area contributed by atoms with Gasteiger partial charge in [0.15, 0.2) is 0 Å². The van der Waals surface area contributed by atoms with Crippen LogP contribution in [0.15, 0.2) is 48.5 Å². The third-order valence-corrected chi connectivity index (χ3v) is 4.30. The van der Waals surface area contributed by atoms with Crippen molar-refractivity contribution in [3.63, 3.8) is 0 Å². The molecule has 0 aromatic heterocycles. The van der Waals surface area contributed by atoms with Crippen LogP contribution in [0.2, 0.25) is 0 Å². The SMILES string of the molecule is CCC(C)NC(=O)c1cccc(NC(=O)CNc2ccccc2OCC(C)C)c1. The van der Waals surface area contributed by atoms with Gasteiger partial charge in [0.1, 0.15) is 5.75 Å². The second-order valence-electron chi connectivity index (χ2n) is 7.47. The highest BCUT2D eigenvalue weighted by molar-refractivity contribution is 5.98. The molecule has 0 aliphatic rings. The Morgan fingerprint density at radius 3 is 2.52 bits per heavy atom. The Hall–Kier alpha value is -3.02. The maximum atomic E-state index is 12.4. The minimum absolute atomic E-state index is 0.0886. The first-order valence-electron chi connectivity index (χ1n) is 10.1. The van der Waals surface area contributed by atoms with Gasteiger partial charge in [0, 0.05) is 17.3 Å². The Balaban J connectivity index is 1.93. The van der Waals surface area contributed by atoms with E-state index in [2.05, 4.69) is 29.8 Å². The molecule has 1 atom stereocenters. The molecule has 0 aliphatic heterocycles. The number of carbonyl (C=O) groups excluding carboxylic acids is 2. The van der Waals surface area contributed by atoms with E-state index in [1.807, 2.05) is 38.1 Å². The summed E-state index contributed by atoms with van der Waals surface area (Å²) in [7, 11) is 0. The number of amides is 2. The van der Waals surface area contributed by atoms with Crippen LogP contribution < -0.4 is 20.7 Å². The summed E-state index contributed by atoms with van der Waals surface area (Å²) >= 11 is 0. The van der Waals surface area contributed by atoms with Crippen molar-refractivity contribution >= 4 is 23.2 Å². The molecule has 0 aliphatic carbocycles. The number of ether oxygens (including phenoxy) is 1. The van der Waals surface area contributed by atoms with Gasteiger partial charge in [-0.1, -0.05) is 39.0 Å². The maximum Gasteiger partial charge on any atom is 0.251 e. The summed E-state index contributed by atoms with van der Waals surface area (Å²) in [5.74, 6) is 0.779. The van der Waals surface area contributed by atoms with Crippen molar-refractivity contribution in [3.8, 4) is 5.75 Å². The maximum absolute atomic E-state index is 12.4. The molecule has 0 bridgehead atoms. The number of benzene rings is 2. The van der Waals surface area contributed by atoms with Gasteiger partial charge in [-0.2, -0.15) is 0 Å². The van der Waals surface area contributed by atoms with Gasteiger partial charge in [-0.25, -0.2) is 0 Å². The average molecular weight is 398 g/mol. The minimum atomic E-state index is -0.205. The summed E-state index contributed by atoms with van der Waals surface area (Å²) in [4.78, 5) is 24.6. The predicted molar refractivity (Wildman–Crippen MR) is 118 cm³/mol. The predicted octanol–water partition coefficient (Wildman–Crippen LogP) is 4.30. The van der Waals surface area contributed by atoms with E-state index in [9.17, 15) is 9.59 Å². The van der Waals surface area contributed by atoms with E-state index in [1.54, 1.807) is 24.3 Å². The lowest BCUT2D eigenvalue weighted by atomic mass is 10.1. The average Bonchev–Trinajstić information content (AvgIpc) is 2.71. The standard InChI is InChI=1S/C23H31N3O3/c1-5-17(4)25-23(28)18-9-8-10-19(13-18)26-22(27)14-24-20-11-6-7-12-21(20)29-15-16(2)3/h6-13,16-17,24H,5,14-15H2,1-4H3,(H,25,28)(H,26,27). The van der Waals surface area contributed by atoms with E-state index in [0.29, 0.717) is 23.8 Å². The van der Waals surface area contributed by atoms with Crippen LogP contribution in [0.4, 0.5) is 11.4 Å². The minimum Gasteiger partial charge on any atom is -0.491 e. The Bertz CT molecular complexity index is 821. The Labute approximate surface area is 173 Å². The third kappa shape index (κ3) is 7.49. The van der Waals surface area contributed by atoms with Crippen LogP contribution in [0.5, 0.6) is 5.75 Å². The fourth-order valence-corrected chi connectivity index (χ4v) is 2.52. The lowest BCUT2D eigenvalue weighted by molar-refractivity contribution is -0.114. The zero-order valence-corrected chi connectivity index (χ0v) is 17.6. The van der Waals surface area contributed by atoms with Crippen LogP contribution in [0.25, 0.3) is 0 Å². The summed E-state index contributed by atoms with van der Waals surface area (Å²) in [6, 6.07) is 14.6. The molecule has 156 valence electrons. The molecule has 2 amide bonds. The first kappa shape index (κ1) is 22.3. The summed E-state index contributed by atoms with van der Waals surface area (Å²) in [5, 5.41) is 8.86. The molecule has 6 heteroatoms. The van der Waals surface area contributed by atoms with Gasteiger partial charge in [-0.05, 0) is 49.6 Å². The molecule has 29 heavy (non-hydrogen) atoms. The molecule has 2 aromatic rings. The van der Waals surface area contributed by atoms with Gasteiger partial charge in [0.2, 0.25) is 5.91 Å². The smallest absolute Gasteiger partial charge is 0.251 e. The quantitative estimate of drug-likeness (QED) is 0.558. The highest BCUT2D eigenvalue weighted by Gasteiger charge is 2.11. The van der Waals surface area contributed by atoms with Crippen LogP contribution in [0.1, 0.15) is 44.5 Å². The van der Waals surface area contributed by atoms with Gasteiger partial charge in [-0.3, -0.25) is 9.59 Å². The fraction of sp³-hybridized carbons (Fsp3) is 0.391. The first-order valence-corrected chi connectivity index (χ1v) is 10.1. The van der Waals surface area contributed by atoms with Gasteiger partial charge < -0.3 is 20.7 Å². The Morgan fingerprint density at radius 1 is 1.03 bits per heavy atom. The summed E-state index contributed by atoms with van der Waals surface area (Å²) < 4.78 is 5.79.